The lowest BCUT2D eigenvalue weighted by Crippen LogP contribution is -2.31. The SMILES string of the molecule is COc1cc(Cc2c(-c3ccc(NC(=O)CCC(N)C(=O)O)cc3)sc3cc(O)ccc23)ccc1CN1CCCC1. The van der Waals surface area contributed by atoms with Crippen LogP contribution in [0.4, 0.5) is 5.69 Å². The average Bonchev–Trinajstić information content (AvgIpc) is 3.60. The molecule has 4 aromatic rings. The number of nitrogens with two attached hydrogens (primary N) is 1. The number of nitrogens with zero attached hydrogens (tertiary/aromatic N) is 1. The Morgan fingerprint density at radius 3 is 2.54 bits per heavy atom. The number of phenolic OH excluding ortho intramolecular Hbond substituents is 1. The average molecular weight is 574 g/mol. The van der Waals surface area contributed by atoms with Gasteiger partial charge in [0.1, 0.15) is 17.5 Å². The van der Waals surface area contributed by atoms with Crippen molar-refractivity contribution in [3.8, 4) is 21.9 Å². The van der Waals surface area contributed by atoms with Gasteiger partial charge in [-0.3, -0.25) is 14.5 Å². The number of hydrogen-bond acceptors (Lipinski definition) is 7. The molecule has 1 atom stereocenters. The first-order chi connectivity index (χ1) is 19.8. The molecule has 1 unspecified atom stereocenters. The zero-order chi connectivity index (χ0) is 28.9. The number of amides is 1. The van der Waals surface area contributed by atoms with Gasteiger partial charge in [-0.15, -0.1) is 11.3 Å². The summed E-state index contributed by atoms with van der Waals surface area (Å²) in [6, 6.07) is 18.5. The van der Waals surface area contributed by atoms with Gasteiger partial charge in [-0.25, -0.2) is 0 Å². The molecule has 5 rings (SSSR count). The number of phenols is 1. The molecule has 0 spiro atoms. The Hall–Kier alpha value is -3.92. The van der Waals surface area contributed by atoms with E-state index in [4.69, 9.17) is 15.6 Å². The Morgan fingerprint density at radius 1 is 1.07 bits per heavy atom. The molecule has 41 heavy (non-hydrogen) atoms. The van der Waals surface area contributed by atoms with Crippen molar-refractivity contribution >= 4 is 39.0 Å². The van der Waals surface area contributed by atoms with Crippen molar-refractivity contribution in [2.24, 2.45) is 5.73 Å². The second kappa shape index (κ2) is 12.7. The van der Waals surface area contributed by atoms with Gasteiger partial charge < -0.3 is 26.0 Å². The van der Waals surface area contributed by atoms with Crippen molar-refractivity contribution in [1.82, 2.24) is 4.90 Å². The molecule has 0 aliphatic carbocycles. The van der Waals surface area contributed by atoms with Crippen molar-refractivity contribution in [3.63, 3.8) is 0 Å². The third-order valence-corrected chi connectivity index (χ3v) is 8.78. The fourth-order valence-electron chi connectivity index (χ4n) is 5.30. The van der Waals surface area contributed by atoms with Crippen LogP contribution in [0.25, 0.3) is 20.5 Å². The number of rotatable bonds is 11. The van der Waals surface area contributed by atoms with Crippen LogP contribution in [-0.2, 0) is 22.6 Å². The minimum atomic E-state index is -1.12. The van der Waals surface area contributed by atoms with Crippen LogP contribution >= 0.6 is 11.3 Å². The molecule has 1 amide bonds. The molecular weight excluding hydrogens is 538 g/mol. The van der Waals surface area contributed by atoms with Crippen LogP contribution < -0.4 is 15.8 Å². The quantitative estimate of drug-likeness (QED) is 0.184. The van der Waals surface area contributed by atoms with Gasteiger partial charge in [-0.05, 0) is 97.2 Å². The highest BCUT2D eigenvalue weighted by Gasteiger charge is 2.18. The standard InChI is InChI=1S/C32H35N3O5S/c1-40-28-17-20(4-5-22(28)19-35-14-2-3-15-35)16-26-25-11-10-24(36)18-29(25)41-31(26)21-6-8-23(9-7-21)34-30(37)13-12-27(33)32(38)39/h4-11,17-18,27,36H,2-3,12-16,19,33H2,1H3,(H,34,37)(H,38,39). The predicted molar refractivity (Wildman–Crippen MR) is 163 cm³/mol. The molecule has 2 heterocycles. The zero-order valence-corrected chi connectivity index (χ0v) is 23.9. The van der Waals surface area contributed by atoms with Crippen LogP contribution in [0.2, 0.25) is 0 Å². The third kappa shape index (κ3) is 6.87. The Morgan fingerprint density at radius 2 is 1.83 bits per heavy atom. The number of hydrogen-bond donors (Lipinski definition) is 4. The highest BCUT2D eigenvalue weighted by Crippen LogP contribution is 2.41. The van der Waals surface area contributed by atoms with Crippen LogP contribution in [0.5, 0.6) is 11.5 Å². The minimum Gasteiger partial charge on any atom is -0.508 e. The number of thiophene rings is 1. The Kier molecular flexibility index (Phi) is 8.87. The monoisotopic (exact) mass is 573 g/mol. The van der Waals surface area contributed by atoms with E-state index in [-0.39, 0.29) is 24.5 Å². The molecule has 9 heteroatoms. The summed E-state index contributed by atoms with van der Waals surface area (Å²) in [7, 11) is 1.72. The van der Waals surface area contributed by atoms with Gasteiger partial charge in [0.25, 0.3) is 0 Å². The Labute approximate surface area is 243 Å². The van der Waals surface area contributed by atoms with Gasteiger partial charge in [0.05, 0.1) is 7.11 Å². The van der Waals surface area contributed by atoms with E-state index < -0.39 is 12.0 Å². The van der Waals surface area contributed by atoms with Crippen molar-refractivity contribution in [2.75, 3.05) is 25.5 Å². The molecule has 1 aromatic heterocycles. The molecule has 1 aliphatic heterocycles. The Balaban J connectivity index is 1.38. The van der Waals surface area contributed by atoms with Gasteiger partial charge in [0, 0.05) is 33.8 Å². The molecule has 0 radical (unpaired) electrons. The molecule has 0 bridgehead atoms. The summed E-state index contributed by atoms with van der Waals surface area (Å²) < 4.78 is 6.79. The second-order valence-electron chi connectivity index (χ2n) is 10.5. The van der Waals surface area contributed by atoms with Crippen molar-refractivity contribution in [1.29, 1.82) is 0 Å². The minimum absolute atomic E-state index is 0.0272. The van der Waals surface area contributed by atoms with Crippen LogP contribution in [-0.4, -0.2) is 53.2 Å². The highest BCUT2D eigenvalue weighted by molar-refractivity contribution is 7.22. The number of likely N-dealkylation sites (tertiary alicyclic amines) is 1. The fraction of sp³-hybridized carbons (Fsp3) is 0.312. The van der Waals surface area contributed by atoms with Gasteiger partial charge >= 0.3 is 5.97 Å². The smallest absolute Gasteiger partial charge is 0.320 e. The molecule has 8 nitrogen and oxygen atoms in total. The van der Waals surface area contributed by atoms with Gasteiger partial charge in [-0.2, -0.15) is 0 Å². The van der Waals surface area contributed by atoms with E-state index in [1.165, 1.54) is 24.0 Å². The summed E-state index contributed by atoms with van der Waals surface area (Å²) in [5, 5.41) is 23.0. The van der Waals surface area contributed by atoms with E-state index in [1.807, 2.05) is 30.3 Å². The first-order valence-corrected chi connectivity index (χ1v) is 14.6. The number of aromatic hydroxyl groups is 1. The fourth-order valence-corrected chi connectivity index (χ4v) is 6.56. The number of carboxylic acid groups (broad SMARTS) is 1. The zero-order valence-electron chi connectivity index (χ0n) is 23.1. The number of carbonyl (C=O) groups is 2. The summed E-state index contributed by atoms with van der Waals surface area (Å²) in [6.45, 7) is 3.15. The van der Waals surface area contributed by atoms with Crippen LogP contribution in [0, 0.1) is 0 Å². The number of carbonyl (C=O) groups excluding carboxylic acids is 1. The number of benzene rings is 3. The summed E-state index contributed by atoms with van der Waals surface area (Å²) in [4.78, 5) is 26.7. The highest BCUT2D eigenvalue weighted by atomic mass is 32.1. The lowest BCUT2D eigenvalue weighted by atomic mass is 9.97. The number of nitrogens with one attached hydrogen (secondary N) is 1. The van der Waals surface area contributed by atoms with Gasteiger partial charge in [0.2, 0.25) is 5.91 Å². The molecule has 1 aliphatic rings. The van der Waals surface area contributed by atoms with Crippen molar-refractivity contribution < 1.29 is 24.5 Å². The van der Waals surface area contributed by atoms with Crippen LogP contribution in [0.1, 0.15) is 42.4 Å². The van der Waals surface area contributed by atoms with Crippen LogP contribution in [0.3, 0.4) is 0 Å². The van der Waals surface area contributed by atoms with E-state index in [0.717, 1.165) is 51.5 Å². The number of fused-ring (bicyclic) bond motifs is 1. The second-order valence-corrected chi connectivity index (χ2v) is 11.6. The van der Waals surface area contributed by atoms with Crippen molar-refractivity contribution in [2.45, 2.75) is 44.7 Å². The number of carboxylic acids is 1. The van der Waals surface area contributed by atoms with E-state index in [1.54, 1.807) is 30.6 Å². The first-order valence-electron chi connectivity index (χ1n) is 13.8. The number of methoxy groups -OCH3 is 1. The molecule has 214 valence electrons. The topological polar surface area (TPSA) is 125 Å². The van der Waals surface area contributed by atoms with E-state index in [2.05, 4.69) is 28.4 Å². The molecule has 0 saturated carbocycles. The van der Waals surface area contributed by atoms with E-state index in [0.29, 0.717) is 12.1 Å². The number of aliphatic carboxylic acids is 1. The van der Waals surface area contributed by atoms with E-state index >= 15 is 0 Å². The lowest BCUT2D eigenvalue weighted by molar-refractivity contribution is -0.138. The summed E-state index contributed by atoms with van der Waals surface area (Å²) in [5.41, 5.74) is 10.6. The maximum atomic E-state index is 12.3. The summed E-state index contributed by atoms with van der Waals surface area (Å²) in [6.07, 6.45) is 3.29. The third-order valence-electron chi connectivity index (χ3n) is 7.53. The normalized spacial score (nSPS) is 14.3. The predicted octanol–water partition coefficient (Wildman–Crippen LogP) is 5.60. The van der Waals surface area contributed by atoms with Crippen molar-refractivity contribution in [3.05, 3.63) is 77.4 Å². The lowest BCUT2D eigenvalue weighted by Gasteiger charge is -2.18. The molecule has 1 saturated heterocycles. The molecular formula is C32H35N3O5S. The van der Waals surface area contributed by atoms with E-state index in [9.17, 15) is 14.7 Å². The first kappa shape index (κ1) is 28.6. The van der Waals surface area contributed by atoms with Crippen LogP contribution in [0.15, 0.2) is 60.7 Å². The van der Waals surface area contributed by atoms with Gasteiger partial charge in [0.15, 0.2) is 0 Å². The largest absolute Gasteiger partial charge is 0.508 e. The molecule has 1 fully saturated rings. The maximum absolute atomic E-state index is 12.3. The Bertz CT molecular complexity index is 1540. The number of ether oxygens (including phenoxy) is 1. The van der Waals surface area contributed by atoms with Gasteiger partial charge in [-0.1, -0.05) is 24.3 Å². The number of anilines is 1. The molecule has 3 aromatic carbocycles. The maximum Gasteiger partial charge on any atom is 0.320 e. The molecule has 5 N–H and O–H groups in total. The summed E-state index contributed by atoms with van der Waals surface area (Å²) in [5.74, 6) is -0.274. The summed E-state index contributed by atoms with van der Waals surface area (Å²) >= 11 is 1.62.